The van der Waals surface area contributed by atoms with Crippen molar-refractivity contribution in [2.75, 3.05) is 32.8 Å². The van der Waals surface area contributed by atoms with Crippen LogP contribution in [0, 0.1) is 0 Å². The van der Waals surface area contributed by atoms with Crippen LogP contribution in [-0.2, 0) is 11.2 Å². The summed E-state index contributed by atoms with van der Waals surface area (Å²) in [6, 6.07) is 9.44. The Kier molecular flexibility index (Phi) is 5.17. The number of morpholine rings is 1. The smallest absolute Gasteiger partial charge is 0.0594 e. The molecule has 1 fully saturated rings. The second-order valence-electron chi connectivity index (χ2n) is 4.84. The first-order valence-electron chi connectivity index (χ1n) is 6.96. The Morgan fingerprint density at radius 1 is 1.22 bits per heavy atom. The third kappa shape index (κ3) is 3.31. The van der Waals surface area contributed by atoms with E-state index in [1.165, 1.54) is 11.1 Å². The summed E-state index contributed by atoms with van der Waals surface area (Å²) in [5.74, 6) is 0. The van der Waals surface area contributed by atoms with E-state index in [0.717, 1.165) is 45.7 Å². The summed E-state index contributed by atoms with van der Waals surface area (Å²) in [5.41, 5.74) is 8.56. The molecule has 1 aliphatic rings. The number of ether oxygens (including phenoxy) is 1. The van der Waals surface area contributed by atoms with E-state index in [1.54, 1.807) is 0 Å². The SMILES string of the molecule is CCc1ccc(C(CCN)N2CCOCC2)cc1. The number of hydrogen-bond donors (Lipinski definition) is 1. The summed E-state index contributed by atoms with van der Waals surface area (Å²) in [6.45, 7) is 6.63. The first kappa shape index (κ1) is 13.5. The van der Waals surface area contributed by atoms with Gasteiger partial charge in [-0.05, 0) is 30.5 Å². The van der Waals surface area contributed by atoms with Crippen molar-refractivity contribution < 1.29 is 4.74 Å². The molecule has 100 valence electrons. The standard InChI is InChI=1S/C15H24N2O/c1-2-13-3-5-14(6-4-13)15(7-8-16)17-9-11-18-12-10-17/h3-6,15H,2,7-12,16H2,1H3. The molecule has 2 N–H and O–H groups in total. The van der Waals surface area contributed by atoms with E-state index in [-0.39, 0.29) is 0 Å². The van der Waals surface area contributed by atoms with Crippen molar-refractivity contribution in [3.63, 3.8) is 0 Å². The summed E-state index contributed by atoms with van der Waals surface area (Å²) in [5, 5.41) is 0. The lowest BCUT2D eigenvalue weighted by molar-refractivity contribution is 0.0147. The van der Waals surface area contributed by atoms with Gasteiger partial charge in [0.15, 0.2) is 0 Å². The monoisotopic (exact) mass is 248 g/mol. The van der Waals surface area contributed by atoms with E-state index in [4.69, 9.17) is 10.5 Å². The number of nitrogens with zero attached hydrogens (tertiary/aromatic N) is 1. The van der Waals surface area contributed by atoms with Gasteiger partial charge in [-0.15, -0.1) is 0 Å². The highest BCUT2D eigenvalue weighted by Gasteiger charge is 2.21. The molecular formula is C15H24N2O. The maximum Gasteiger partial charge on any atom is 0.0594 e. The molecule has 2 rings (SSSR count). The molecule has 1 aliphatic heterocycles. The molecule has 0 bridgehead atoms. The molecule has 0 saturated carbocycles. The van der Waals surface area contributed by atoms with Gasteiger partial charge in [0, 0.05) is 19.1 Å². The summed E-state index contributed by atoms with van der Waals surface area (Å²) in [7, 11) is 0. The minimum absolute atomic E-state index is 0.449. The summed E-state index contributed by atoms with van der Waals surface area (Å²) in [6.07, 6.45) is 2.12. The zero-order valence-corrected chi connectivity index (χ0v) is 11.3. The molecule has 3 nitrogen and oxygen atoms in total. The fraction of sp³-hybridized carbons (Fsp3) is 0.600. The average Bonchev–Trinajstić information content (AvgIpc) is 2.46. The maximum atomic E-state index is 5.77. The fourth-order valence-electron chi connectivity index (χ4n) is 2.58. The van der Waals surface area contributed by atoms with Gasteiger partial charge < -0.3 is 10.5 Å². The van der Waals surface area contributed by atoms with Gasteiger partial charge in [0.05, 0.1) is 13.2 Å². The molecule has 1 atom stereocenters. The summed E-state index contributed by atoms with van der Waals surface area (Å²) in [4.78, 5) is 2.50. The quantitative estimate of drug-likeness (QED) is 0.866. The number of aryl methyl sites for hydroxylation is 1. The molecule has 0 aromatic heterocycles. The normalized spacial score (nSPS) is 18.8. The van der Waals surface area contributed by atoms with Gasteiger partial charge in [-0.3, -0.25) is 4.90 Å². The molecule has 0 spiro atoms. The van der Waals surface area contributed by atoms with E-state index < -0.39 is 0 Å². The molecular weight excluding hydrogens is 224 g/mol. The Balaban J connectivity index is 2.11. The lowest BCUT2D eigenvalue weighted by Crippen LogP contribution is -2.39. The van der Waals surface area contributed by atoms with E-state index in [9.17, 15) is 0 Å². The van der Waals surface area contributed by atoms with Crippen LogP contribution in [0.25, 0.3) is 0 Å². The lowest BCUT2D eigenvalue weighted by Gasteiger charge is -2.34. The van der Waals surface area contributed by atoms with Crippen molar-refractivity contribution in [1.82, 2.24) is 4.90 Å². The Hall–Kier alpha value is -0.900. The molecule has 0 aliphatic carbocycles. The number of nitrogens with two attached hydrogens (primary N) is 1. The molecule has 1 unspecified atom stereocenters. The van der Waals surface area contributed by atoms with E-state index in [0.29, 0.717) is 6.04 Å². The van der Waals surface area contributed by atoms with Gasteiger partial charge in [0.25, 0.3) is 0 Å². The number of hydrogen-bond acceptors (Lipinski definition) is 3. The number of rotatable bonds is 5. The first-order chi connectivity index (χ1) is 8.85. The minimum Gasteiger partial charge on any atom is -0.379 e. The molecule has 1 heterocycles. The second kappa shape index (κ2) is 6.88. The van der Waals surface area contributed by atoms with E-state index in [2.05, 4.69) is 36.1 Å². The van der Waals surface area contributed by atoms with Crippen LogP contribution in [0.15, 0.2) is 24.3 Å². The maximum absolute atomic E-state index is 5.77. The average molecular weight is 248 g/mol. The first-order valence-corrected chi connectivity index (χ1v) is 6.96. The molecule has 1 aromatic carbocycles. The Bertz CT molecular complexity index is 344. The van der Waals surface area contributed by atoms with Crippen LogP contribution < -0.4 is 5.73 Å². The fourth-order valence-corrected chi connectivity index (χ4v) is 2.58. The molecule has 0 radical (unpaired) electrons. The highest BCUT2D eigenvalue weighted by atomic mass is 16.5. The topological polar surface area (TPSA) is 38.5 Å². The molecule has 1 saturated heterocycles. The van der Waals surface area contributed by atoms with Gasteiger partial charge in [0.2, 0.25) is 0 Å². The minimum atomic E-state index is 0.449. The van der Waals surface area contributed by atoms with Crippen molar-refractivity contribution in [3.8, 4) is 0 Å². The second-order valence-corrected chi connectivity index (χ2v) is 4.84. The predicted molar refractivity (Wildman–Crippen MR) is 74.6 cm³/mol. The third-order valence-electron chi connectivity index (χ3n) is 3.70. The highest BCUT2D eigenvalue weighted by molar-refractivity contribution is 5.25. The van der Waals surface area contributed by atoms with Crippen LogP contribution in [0.4, 0.5) is 0 Å². The van der Waals surface area contributed by atoms with Crippen molar-refractivity contribution in [3.05, 3.63) is 35.4 Å². The zero-order valence-electron chi connectivity index (χ0n) is 11.3. The van der Waals surface area contributed by atoms with Crippen molar-refractivity contribution in [2.24, 2.45) is 5.73 Å². The van der Waals surface area contributed by atoms with Crippen LogP contribution in [0.1, 0.15) is 30.5 Å². The van der Waals surface area contributed by atoms with Gasteiger partial charge in [0.1, 0.15) is 0 Å². The zero-order chi connectivity index (χ0) is 12.8. The van der Waals surface area contributed by atoms with Gasteiger partial charge in [-0.25, -0.2) is 0 Å². The third-order valence-corrected chi connectivity index (χ3v) is 3.70. The molecule has 1 aromatic rings. The highest BCUT2D eigenvalue weighted by Crippen LogP contribution is 2.25. The Labute approximate surface area is 110 Å². The van der Waals surface area contributed by atoms with E-state index >= 15 is 0 Å². The van der Waals surface area contributed by atoms with Crippen LogP contribution in [0.3, 0.4) is 0 Å². The molecule has 0 amide bonds. The summed E-state index contributed by atoms with van der Waals surface area (Å²) < 4.78 is 5.43. The summed E-state index contributed by atoms with van der Waals surface area (Å²) >= 11 is 0. The van der Waals surface area contributed by atoms with Gasteiger partial charge >= 0.3 is 0 Å². The lowest BCUT2D eigenvalue weighted by atomic mass is 9.99. The van der Waals surface area contributed by atoms with Crippen LogP contribution in [0.2, 0.25) is 0 Å². The van der Waals surface area contributed by atoms with Crippen molar-refractivity contribution >= 4 is 0 Å². The van der Waals surface area contributed by atoms with E-state index in [1.807, 2.05) is 0 Å². The Morgan fingerprint density at radius 2 is 1.89 bits per heavy atom. The number of benzene rings is 1. The van der Waals surface area contributed by atoms with Crippen LogP contribution in [-0.4, -0.2) is 37.7 Å². The molecule has 3 heteroatoms. The van der Waals surface area contributed by atoms with Gasteiger partial charge in [-0.1, -0.05) is 31.2 Å². The Morgan fingerprint density at radius 3 is 2.44 bits per heavy atom. The largest absolute Gasteiger partial charge is 0.379 e. The van der Waals surface area contributed by atoms with Crippen molar-refractivity contribution in [2.45, 2.75) is 25.8 Å². The van der Waals surface area contributed by atoms with Crippen molar-refractivity contribution in [1.29, 1.82) is 0 Å². The van der Waals surface area contributed by atoms with Crippen LogP contribution >= 0.6 is 0 Å². The predicted octanol–water partition coefficient (Wildman–Crippen LogP) is 1.97. The van der Waals surface area contributed by atoms with Gasteiger partial charge in [-0.2, -0.15) is 0 Å². The molecule has 18 heavy (non-hydrogen) atoms. The van der Waals surface area contributed by atoms with Crippen LogP contribution in [0.5, 0.6) is 0 Å².